The van der Waals surface area contributed by atoms with E-state index in [0.717, 1.165) is 56.0 Å². The predicted octanol–water partition coefficient (Wildman–Crippen LogP) is 0.651. The number of aromatic nitrogens is 6. The van der Waals surface area contributed by atoms with Gasteiger partial charge in [0.2, 0.25) is 5.95 Å². The maximum atomic E-state index is 12.0. The van der Waals surface area contributed by atoms with E-state index >= 15 is 0 Å². The molecule has 0 bridgehead atoms. The third kappa shape index (κ3) is 2.59. The van der Waals surface area contributed by atoms with Gasteiger partial charge in [-0.1, -0.05) is 0 Å². The van der Waals surface area contributed by atoms with E-state index in [4.69, 9.17) is 0 Å². The summed E-state index contributed by atoms with van der Waals surface area (Å²) >= 11 is 0. The summed E-state index contributed by atoms with van der Waals surface area (Å²) in [5, 5.41) is 0. The van der Waals surface area contributed by atoms with E-state index in [0.29, 0.717) is 17.5 Å². The highest BCUT2D eigenvalue weighted by molar-refractivity contribution is 5.83. The van der Waals surface area contributed by atoms with Crippen LogP contribution in [0.25, 0.3) is 11.2 Å². The zero-order chi connectivity index (χ0) is 17.7. The van der Waals surface area contributed by atoms with Crippen LogP contribution < -0.4 is 15.4 Å². The number of rotatable bonds is 3. The zero-order valence-electron chi connectivity index (χ0n) is 14.6. The fourth-order valence-corrected chi connectivity index (χ4v) is 3.53. The van der Waals surface area contributed by atoms with Gasteiger partial charge in [-0.05, 0) is 12.8 Å². The minimum Gasteiger partial charge on any atom is -0.351 e. The summed E-state index contributed by atoms with van der Waals surface area (Å²) in [6.45, 7) is 3.16. The second-order valence-electron chi connectivity index (χ2n) is 6.97. The minimum atomic E-state index is -0.0632. The molecule has 0 unspecified atom stereocenters. The topological polar surface area (TPSA) is 95.8 Å². The molecular formula is C17H20N8O. The normalized spacial score (nSPS) is 17.9. The van der Waals surface area contributed by atoms with Crippen molar-refractivity contribution in [1.82, 2.24) is 29.5 Å². The van der Waals surface area contributed by atoms with Crippen molar-refractivity contribution < 1.29 is 0 Å². The molecule has 0 spiro atoms. The van der Waals surface area contributed by atoms with Gasteiger partial charge >= 0.3 is 0 Å². The first-order valence-corrected chi connectivity index (χ1v) is 8.92. The molecule has 1 aliphatic heterocycles. The minimum absolute atomic E-state index is 0.0632. The Kier molecular flexibility index (Phi) is 3.41. The summed E-state index contributed by atoms with van der Waals surface area (Å²) in [4.78, 5) is 36.9. The quantitative estimate of drug-likeness (QED) is 0.739. The molecule has 2 aliphatic rings. The number of aryl methyl sites for hydroxylation is 1. The largest absolute Gasteiger partial charge is 0.351 e. The SMILES string of the molecule is Cn1cnc2ncnc(N3CCN(c4nc(C5CC5)cc(=O)[nH]4)CC3)c21. The van der Waals surface area contributed by atoms with Crippen LogP contribution in [-0.2, 0) is 7.05 Å². The van der Waals surface area contributed by atoms with Crippen molar-refractivity contribution in [3.05, 3.63) is 34.8 Å². The standard InChI is InChI=1S/C17H20N8O/c1-23-10-20-15-14(23)16(19-9-18-15)24-4-6-25(7-5-24)17-21-12(11-2-3-11)8-13(26)22-17/h8-11H,2-7H2,1H3,(H,21,22,26). The second kappa shape index (κ2) is 5.79. The number of H-pyrrole nitrogens is 1. The first-order valence-electron chi connectivity index (χ1n) is 8.92. The van der Waals surface area contributed by atoms with Crippen molar-refractivity contribution >= 4 is 22.9 Å². The molecule has 1 N–H and O–H groups in total. The van der Waals surface area contributed by atoms with Crippen LogP contribution in [0.4, 0.5) is 11.8 Å². The van der Waals surface area contributed by atoms with Crippen LogP contribution in [0.3, 0.4) is 0 Å². The van der Waals surface area contributed by atoms with E-state index in [2.05, 4.69) is 34.7 Å². The fourth-order valence-electron chi connectivity index (χ4n) is 3.53. The molecule has 0 aromatic carbocycles. The van der Waals surface area contributed by atoms with E-state index < -0.39 is 0 Å². The Morgan fingerprint density at radius 3 is 2.62 bits per heavy atom. The highest BCUT2D eigenvalue weighted by Gasteiger charge is 2.27. The van der Waals surface area contributed by atoms with Gasteiger partial charge in [0.15, 0.2) is 11.5 Å². The van der Waals surface area contributed by atoms with Crippen LogP contribution in [0.1, 0.15) is 24.5 Å². The molecule has 26 heavy (non-hydrogen) atoms. The number of nitrogens with zero attached hydrogens (tertiary/aromatic N) is 7. The number of nitrogens with one attached hydrogen (secondary N) is 1. The van der Waals surface area contributed by atoms with E-state index in [1.165, 1.54) is 0 Å². The third-order valence-electron chi connectivity index (χ3n) is 5.11. The van der Waals surface area contributed by atoms with Gasteiger partial charge in [0.05, 0.1) is 12.0 Å². The lowest BCUT2D eigenvalue weighted by molar-refractivity contribution is 0.632. The molecule has 4 heterocycles. The van der Waals surface area contributed by atoms with Crippen molar-refractivity contribution in [2.24, 2.45) is 7.05 Å². The van der Waals surface area contributed by atoms with Gasteiger partial charge in [-0.25, -0.2) is 19.9 Å². The summed E-state index contributed by atoms with van der Waals surface area (Å²) in [5.74, 6) is 2.06. The van der Waals surface area contributed by atoms with Gasteiger partial charge in [-0.15, -0.1) is 0 Å². The molecule has 0 amide bonds. The summed E-state index contributed by atoms with van der Waals surface area (Å²) in [5.41, 5.74) is 2.52. The number of anilines is 2. The number of hydrogen-bond acceptors (Lipinski definition) is 7. The molecule has 5 rings (SSSR count). The highest BCUT2D eigenvalue weighted by atomic mass is 16.1. The van der Waals surface area contributed by atoms with Crippen LogP contribution in [0, 0.1) is 0 Å². The first-order chi connectivity index (χ1) is 12.7. The van der Waals surface area contributed by atoms with Gasteiger partial charge in [0.1, 0.15) is 11.8 Å². The Morgan fingerprint density at radius 2 is 1.85 bits per heavy atom. The molecule has 1 saturated heterocycles. The molecule has 2 fully saturated rings. The average molecular weight is 352 g/mol. The molecule has 1 saturated carbocycles. The van der Waals surface area contributed by atoms with Crippen molar-refractivity contribution in [3.63, 3.8) is 0 Å². The van der Waals surface area contributed by atoms with Crippen LogP contribution in [0.2, 0.25) is 0 Å². The Bertz CT molecular complexity index is 1010. The summed E-state index contributed by atoms with van der Waals surface area (Å²) in [7, 11) is 1.95. The van der Waals surface area contributed by atoms with Crippen molar-refractivity contribution in [3.8, 4) is 0 Å². The number of aromatic amines is 1. The maximum absolute atomic E-state index is 12.0. The van der Waals surface area contributed by atoms with Gasteiger partial charge < -0.3 is 14.4 Å². The number of imidazole rings is 1. The zero-order valence-corrected chi connectivity index (χ0v) is 14.6. The van der Waals surface area contributed by atoms with E-state index in [1.807, 2.05) is 11.6 Å². The smallest absolute Gasteiger partial charge is 0.252 e. The van der Waals surface area contributed by atoms with E-state index in [9.17, 15) is 4.79 Å². The summed E-state index contributed by atoms with van der Waals surface area (Å²) < 4.78 is 1.95. The molecule has 134 valence electrons. The fraction of sp³-hybridized carbons (Fsp3) is 0.471. The average Bonchev–Trinajstić information content (AvgIpc) is 3.45. The monoisotopic (exact) mass is 352 g/mol. The lowest BCUT2D eigenvalue weighted by atomic mass is 10.3. The lowest BCUT2D eigenvalue weighted by Crippen LogP contribution is -2.48. The van der Waals surface area contributed by atoms with Gasteiger partial charge in [-0.3, -0.25) is 9.78 Å². The number of fused-ring (bicyclic) bond motifs is 1. The second-order valence-corrected chi connectivity index (χ2v) is 6.97. The third-order valence-corrected chi connectivity index (χ3v) is 5.11. The van der Waals surface area contributed by atoms with Crippen molar-refractivity contribution in [2.45, 2.75) is 18.8 Å². The van der Waals surface area contributed by atoms with Crippen LogP contribution in [0.15, 0.2) is 23.5 Å². The maximum Gasteiger partial charge on any atom is 0.252 e. The van der Waals surface area contributed by atoms with Gasteiger partial charge in [-0.2, -0.15) is 0 Å². The Hall–Kier alpha value is -2.97. The van der Waals surface area contributed by atoms with Gasteiger partial charge in [0.25, 0.3) is 5.56 Å². The summed E-state index contributed by atoms with van der Waals surface area (Å²) in [6, 6.07) is 1.64. The van der Waals surface area contributed by atoms with Crippen molar-refractivity contribution in [1.29, 1.82) is 0 Å². The Morgan fingerprint density at radius 1 is 1.08 bits per heavy atom. The highest BCUT2D eigenvalue weighted by Crippen LogP contribution is 2.38. The number of hydrogen-bond donors (Lipinski definition) is 1. The molecule has 1 aliphatic carbocycles. The molecule has 9 nitrogen and oxygen atoms in total. The van der Waals surface area contributed by atoms with Crippen molar-refractivity contribution in [2.75, 3.05) is 36.0 Å². The molecule has 3 aromatic rings. The van der Waals surface area contributed by atoms with E-state index in [-0.39, 0.29) is 5.56 Å². The Balaban J connectivity index is 1.38. The van der Waals surface area contributed by atoms with Gasteiger partial charge in [0, 0.05) is 45.2 Å². The van der Waals surface area contributed by atoms with Crippen LogP contribution in [-0.4, -0.2) is 55.7 Å². The first kappa shape index (κ1) is 15.3. The molecule has 3 aromatic heterocycles. The molecule has 9 heteroatoms. The summed E-state index contributed by atoms with van der Waals surface area (Å²) in [6.07, 6.45) is 5.60. The molecular weight excluding hydrogens is 332 g/mol. The predicted molar refractivity (Wildman–Crippen MR) is 97.6 cm³/mol. The van der Waals surface area contributed by atoms with Crippen LogP contribution in [0.5, 0.6) is 0 Å². The molecule has 0 atom stereocenters. The van der Waals surface area contributed by atoms with Crippen LogP contribution >= 0.6 is 0 Å². The van der Waals surface area contributed by atoms with E-state index in [1.54, 1.807) is 18.7 Å². The molecule has 0 radical (unpaired) electrons. The lowest BCUT2D eigenvalue weighted by Gasteiger charge is -2.35. The number of piperazine rings is 1. The Labute approximate surface area is 149 Å².